The minimum Gasteiger partial charge on any atom is -0.497 e. The number of methoxy groups -OCH3 is 1. The van der Waals surface area contributed by atoms with Crippen LogP contribution in [0.1, 0.15) is 5.56 Å². The Morgan fingerprint density at radius 2 is 1.48 bits per heavy atom. The number of aryl methyl sites for hydroxylation is 1. The fraction of sp³-hybridized carbons (Fsp3) is 0.0833. The molecule has 0 saturated heterocycles. The minimum atomic E-state index is -2.17. The first-order valence-electron chi connectivity index (χ1n) is 9.17. The van der Waals surface area contributed by atoms with Gasteiger partial charge in [0.15, 0.2) is 0 Å². The first-order valence-corrected chi connectivity index (χ1v) is 9.17. The van der Waals surface area contributed by atoms with Gasteiger partial charge in [0, 0.05) is 12.3 Å². The molecule has 33 heavy (non-hydrogen) atoms. The Balaban J connectivity index is 0.000000274. The van der Waals surface area contributed by atoms with Gasteiger partial charge in [-0.1, -0.05) is 13.0 Å². The van der Waals surface area contributed by atoms with Gasteiger partial charge in [-0.05, 0) is 23.9 Å². The number of halogens is 5. The van der Waals surface area contributed by atoms with E-state index < -0.39 is 29.1 Å². The van der Waals surface area contributed by atoms with Gasteiger partial charge in [0.25, 0.3) is 0 Å². The predicted octanol–water partition coefficient (Wildman–Crippen LogP) is 6.11. The minimum absolute atomic E-state index is 0. The summed E-state index contributed by atoms with van der Waals surface area (Å²) in [6.45, 7) is 2.04. The summed E-state index contributed by atoms with van der Waals surface area (Å²) in [5.41, 5.74) is 4.56. The van der Waals surface area contributed by atoms with Crippen LogP contribution in [-0.4, -0.2) is 17.1 Å². The molecule has 3 nitrogen and oxygen atoms in total. The van der Waals surface area contributed by atoms with E-state index in [1.807, 2.05) is 55.5 Å². The average molecular weight is 637 g/mol. The molecule has 0 radical (unpaired) electrons. The number of benzene rings is 2. The number of rotatable bonds is 3. The summed E-state index contributed by atoms with van der Waals surface area (Å²) in [6.07, 6.45) is 1.76. The van der Waals surface area contributed by atoms with Gasteiger partial charge in [0.2, 0.25) is 0 Å². The molecular weight excluding hydrogens is 622 g/mol. The molecule has 0 amide bonds. The van der Waals surface area contributed by atoms with Crippen LogP contribution in [0.4, 0.5) is 22.0 Å². The number of nitrogens with zero attached hydrogens (tertiary/aromatic N) is 2. The molecule has 2 aromatic heterocycles. The predicted molar refractivity (Wildman–Crippen MR) is 108 cm³/mol. The van der Waals surface area contributed by atoms with Gasteiger partial charge in [-0.25, -0.2) is 13.2 Å². The Morgan fingerprint density at radius 1 is 0.818 bits per heavy atom. The zero-order valence-corrected chi connectivity index (χ0v) is 19.5. The second-order valence-corrected chi connectivity index (χ2v) is 6.47. The summed E-state index contributed by atoms with van der Waals surface area (Å²) in [5.74, 6) is -9.29. The Kier molecular flexibility index (Phi) is 9.23. The SMILES string of the molecule is COc1cc(-c2[c-]cc(C)cc2)nc(-c2ccccn2)c1.Fc1[c-]c(F)c(F)c(F)c1F.[Pt+2]. The summed E-state index contributed by atoms with van der Waals surface area (Å²) in [4.78, 5) is 9.02. The van der Waals surface area contributed by atoms with Crippen LogP contribution < -0.4 is 4.74 Å². The topological polar surface area (TPSA) is 35.0 Å². The molecule has 0 fully saturated rings. The fourth-order valence-electron chi connectivity index (χ4n) is 2.56. The average Bonchev–Trinajstić information content (AvgIpc) is 2.82. The maximum absolute atomic E-state index is 12.0. The third-order valence-electron chi connectivity index (χ3n) is 4.20. The van der Waals surface area contributed by atoms with Crippen LogP contribution in [-0.2, 0) is 21.1 Å². The van der Waals surface area contributed by atoms with Crippen molar-refractivity contribution in [2.24, 2.45) is 0 Å². The third kappa shape index (κ3) is 6.45. The van der Waals surface area contributed by atoms with Crippen LogP contribution in [0.25, 0.3) is 22.6 Å². The first-order chi connectivity index (χ1) is 15.3. The summed E-state index contributed by atoms with van der Waals surface area (Å²) < 4.78 is 65.2. The molecule has 0 atom stereocenters. The largest absolute Gasteiger partial charge is 2.00 e. The molecule has 0 bridgehead atoms. The van der Waals surface area contributed by atoms with Crippen LogP contribution in [0.15, 0.2) is 54.7 Å². The smallest absolute Gasteiger partial charge is 0.497 e. The number of pyridine rings is 2. The molecule has 0 aliphatic heterocycles. The van der Waals surface area contributed by atoms with E-state index in [0.717, 1.165) is 34.5 Å². The van der Waals surface area contributed by atoms with Gasteiger partial charge < -0.3 is 4.74 Å². The molecule has 2 aromatic carbocycles. The number of ether oxygens (including phenoxy) is 1. The normalized spacial score (nSPS) is 10.0. The van der Waals surface area contributed by atoms with Crippen molar-refractivity contribution in [3.05, 3.63) is 102 Å². The summed E-state index contributed by atoms with van der Waals surface area (Å²) in [6, 6.07) is 19.9. The van der Waals surface area contributed by atoms with Crippen molar-refractivity contribution in [2.75, 3.05) is 7.11 Å². The molecule has 0 spiro atoms. The quantitative estimate of drug-likeness (QED) is 0.118. The monoisotopic (exact) mass is 637 g/mol. The molecule has 0 saturated carbocycles. The van der Waals surface area contributed by atoms with E-state index in [2.05, 4.69) is 16.0 Å². The number of aromatic nitrogens is 2. The van der Waals surface area contributed by atoms with E-state index in [0.29, 0.717) is 0 Å². The molecular formula is C24H15F5N2OPt. The van der Waals surface area contributed by atoms with Gasteiger partial charge in [0.05, 0.1) is 47.6 Å². The number of hydrogen-bond acceptors (Lipinski definition) is 3. The van der Waals surface area contributed by atoms with Gasteiger partial charge in [-0.2, -0.15) is 0 Å². The van der Waals surface area contributed by atoms with Crippen molar-refractivity contribution >= 4 is 0 Å². The third-order valence-corrected chi connectivity index (χ3v) is 4.20. The molecule has 2 heterocycles. The number of hydrogen-bond donors (Lipinski definition) is 0. The Bertz CT molecular complexity index is 1200. The van der Waals surface area contributed by atoms with Gasteiger partial charge in [-0.3, -0.25) is 18.7 Å². The van der Waals surface area contributed by atoms with Gasteiger partial charge >= 0.3 is 21.1 Å². The Morgan fingerprint density at radius 3 is 2.03 bits per heavy atom. The van der Waals surface area contributed by atoms with E-state index in [9.17, 15) is 22.0 Å². The Hall–Kier alpha value is -3.12. The maximum Gasteiger partial charge on any atom is 2.00 e. The molecule has 9 heteroatoms. The Labute approximate surface area is 201 Å². The molecule has 4 rings (SSSR count). The van der Waals surface area contributed by atoms with E-state index in [1.54, 1.807) is 13.3 Å². The van der Waals surface area contributed by atoms with Crippen LogP contribution in [0, 0.1) is 48.1 Å². The molecule has 0 N–H and O–H groups in total. The van der Waals surface area contributed by atoms with Crippen LogP contribution in [0.2, 0.25) is 0 Å². The van der Waals surface area contributed by atoms with Crippen molar-refractivity contribution in [3.8, 4) is 28.4 Å². The zero-order chi connectivity index (χ0) is 23.3. The van der Waals surface area contributed by atoms with Crippen molar-refractivity contribution in [1.29, 1.82) is 0 Å². The summed E-state index contributed by atoms with van der Waals surface area (Å²) in [7, 11) is 1.65. The van der Waals surface area contributed by atoms with Crippen molar-refractivity contribution in [1.82, 2.24) is 9.97 Å². The molecule has 0 aliphatic carbocycles. The first kappa shape index (κ1) is 26.1. The van der Waals surface area contributed by atoms with E-state index in [4.69, 9.17) is 4.74 Å². The van der Waals surface area contributed by atoms with E-state index in [-0.39, 0.29) is 21.1 Å². The molecule has 4 aromatic rings. The van der Waals surface area contributed by atoms with Crippen molar-refractivity contribution in [3.63, 3.8) is 0 Å². The maximum atomic E-state index is 12.0. The molecule has 172 valence electrons. The van der Waals surface area contributed by atoms with E-state index >= 15 is 0 Å². The summed E-state index contributed by atoms with van der Waals surface area (Å²) >= 11 is 0. The second kappa shape index (κ2) is 11.7. The van der Waals surface area contributed by atoms with Crippen LogP contribution in [0.3, 0.4) is 0 Å². The van der Waals surface area contributed by atoms with Crippen molar-refractivity contribution in [2.45, 2.75) is 6.92 Å². The summed E-state index contributed by atoms with van der Waals surface area (Å²) in [5, 5.41) is 0. The van der Waals surface area contributed by atoms with Gasteiger partial charge in [0.1, 0.15) is 5.75 Å². The van der Waals surface area contributed by atoms with Crippen LogP contribution in [0.5, 0.6) is 5.75 Å². The zero-order valence-electron chi connectivity index (χ0n) is 17.2. The fourth-order valence-corrected chi connectivity index (χ4v) is 2.56. The standard InChI is InChI=1S/C18H15N2O.C6F5.Pt/c1-13-6-8-14(9-7-13)17-11-15(21-2)12-18(20-17)16-5-3-4-10-19-16;7-2-1-3(8)5(10)6(11)4(2)9;/h3-8,10-12H,1-2H3;;/q2*-1;+2. The second-order valence-electron chi connectivity index (χ2n) is 6.47. The van der Waals surface area contributed by atoms with E-state index in [1.165, 1.54) is 5.56 Å². The van der Waals surface area contributed by atoms with Gasteiger partial charge in [-0.15, -0.1) is 41.5 Å². The van der Waals surface area contributed by atoms with Crippen LogP contribution >= 0.6 is 0 Å². The van der Waals surface area contributed by atoms with Crippen molar-refractivity contribution < 1.29 is 47.8 Å². The molecule has 0 aliphatic rings. The molecule has 0 unspecified atom stereocenters.